The standard InChI is InChI=1S/C19H20BrClN2O3/c1-13(26-18-7-6-14(21)12-15(18)20)19(25)23-10-8-22(9-11-23)16-4-2-3-5-17(16)24/h2-7,12-13,24H,8-11H2,1H3. The van der Waals surface area contributed by atoms with E-state index in [4.69, 9.17) is 16.3 Å². The minimum absolute atomic E-state index is 0.0521. The van der Waals surface area contributed by atoms with Gasteiger partial charge in [0, 0.05) is 31.2 Å². The van der Waals surface area contributed by atoms with Crippen LogP contribution in [0.4, 0.5) is 5.69 Å². The summed E-state index contributed by atoms with van der Waals surface area (Å²) in [7, 11) is 0. The molecule has 0 saturated carbocycles. The summed E-state index contributed by atoms with van der Waals surface area (Å²) in [5.41, 5.74) is 0.800. The molecule has 26 heavy (non-hydrogen) atoms. The number of anilines is 1. The number of carbonyl (C=O) groups is 1. The van der Waals surface area contributed by atoms with E-state index in [1.54, 1.807) is 42.2 Å². The molecule has 1 unspecified atom stereocenters. The molecule has 7 heteroatoms. The molecule has 0 spiro atoms. The van der Waals surface area contributed by atoms with E-state index in [0.717, 1.165) is 5.69 Å². The average molecular weight is 440 g/mol. The maximum atomic E-state index is 12.7. The molecular formula is C19H20BrClN2O3. The Labute approximate surface area is 166 Å². The Morgan fingerprint density at radius 3 is 2.54 bits per heavy atom. The fourth-order valence-electron chi connectivity index (χ4n) is 2.97. The van der Waals surface area contributed by atoms with Gasteiger partial charge in [-0.15, -0.1) is 0 Å². The van der Waals surface area contributed by atoms with Crippen LogP contribution in [0.3, 0.4) is 0 Å². The van der Waals surface area contributed by atoms with Crippen LogP contribution in [0.5, 0.6) is 11.5 Å². The molecular weight excluding hydrogens is 420 g/mol. The zero-order valence-electron chi connectivity index (χ0n) is 14.4. The van der Waals surface area contributed by atoms with Crippen LogP contribution in [0, 0.1) is 0 Å². The van der Waals surface area contributed by atoms with Gasteiger partial charge in [0.15, 0.2) is 6.10 Å². The van der Waals surface area contributed by atoms with Crippen molar-refractivity contribution in [2.75, 3.05) is 31.1 Å². The predicted molar refractivity (Wildman–Crippen MR) is 106 cm³/mol. The van der Waals surface area contributed by atoms with Gasteiger partial charge < -0.3 is 19.6 Å². The van der Waals surface area contributed by atoms with Gasteiger partial charge in [-0.1, -0.05) is 23.7 Å². The Balaban J connectivity index is 1.58. The Hall–Kier alpha value is -1.92. The maximum absolute atomic E-state index is 12.7. The lowest BCUT2D eigenvalue weighted by Gasteiger charge is -2.37. The van der Waals surface area contributed by atoms with E-state index in [1.165, 1.54) is 0 Å². The molecule has 1 amide bonds. The molecule has 3 rings (SSSR count). The summed E-state index contributed by atoms with van der Waals surface area (Å²) >= 11 is 9.33. The Morgan fingerprint density at radius 2 is 1.88 bits per heavy atom. The summed E-state index contributed by atoms with van der Waals surface area (Å²) < 4.78 is 6.51. The first-order valence-electron chi connectivity index (χ1n) is 8.39. The van der Waals surface area contributed by atoms with Gasteiger partial charge in [0.2, 0.25) is 0 Å². The van der Waals surface area contributed by atoms with Crippen molar-refractivity contribution in [3.63, 3.8) is 0 Å². The van der Waals surface area contributed by atoms with Gasteiger partial charge in [0.1, 0.15) is 11.5 Å². The lowest BCUT2D eigenvalue weighted by Crippen LogP contribution is -2.52. The number of halogens is 2. The predicted octanol–water partition coefficient (Wildman–Crippen LogP) is 3.92. The number of hydrogen-bond acceptors (Lipinski definition) is 4. The molecule has 0 aromatic heterocycles. The highest BCUT2D eigenvalue weighted by Gasteiger charge is 2.27. The fraction of sp³-hybridized carbons (Fsp3) is 0.316. The average Bonchev–Trinajstić information content (AvgIpc) is 2.64. The van der Waals surface area contributed by atoms with E-state index >= 15 is 0 Å². The van der Waals surface area contributed by atoms with Crippen molar-refractivity contribution >= 4 is 39.1 Å². The minimum Gasteiger partial charge on any atom is -0.506 e. The molecule has 1 heterocycles. The smallest absolute Gasteiger partial charge is 0.263 e. The third-order valence-corrected chi connectivity index (χ3v) is 5.21. The number of nitrogens with zero attached hydrogens (tertiary/aromatic N) is 2. The van der Waals surface area contributed by atoms with Crippen molar-refractivity contribution in [1.29, 1.82) is 0 Å². The number of benzene rings is 2. The topological polar surface area (TPSA) is 53.0 Å². The largest absolute Gasteiger partial charge is 0.506 e. The van der Waals surface area contributed by atoms with Gasteiger partial charge in [-0.2, -0.15) is 0 Å². The Morgan fingerprint density at radius 1 is 1.19 bits per heavy atom. The number of carbonyl (C=O) groups excluding carboxylic acids is 1. The second kappa shape index (κ2) is 8.18. The first-order chi connectivity index (χ1) is 12.5. The molecule has 1 aliphatic heterocycles. The van der Waals surface area contributed by atoms with Crippen LogP contribution >= 0.6 is 27.5 Å². The van der Waals surface area contributed by atoms with Gasteiger partial charge in [-0.3, -0.25) is 4.79 Å². The van der Waals surface area contributed by atoms with Crippen LogP contribution in [0.15, 0.2) is 46.9 Å². The zero-order chi connectivity index (χ0) is 18.7. The van der Waals surface area contributed by atoms with E-state index in [2.05, 4.69) is 20.8 Å². The molecule has 0 bridgehead atoms. The van der Waals surface area contributed by atoms with Gasteiger partial charge in [-0.25, -0.2) is 0 Å². The number of piperazine rings is 1. The number of phenolic OH excluding ortho intramolecular Hbond substituents is 1. The molecule has 1 aliphatic rings. The van der Waals surface area contributed by atoms with E-state index in [9.17, 15) is 9.90 Å². The highest BCUT2D eigenvalue weighted by Crippen LogP contribution is 2.30. The monoisotopic (exact) mass is 438 g/mol. The highest BCUT2D eigenvalue weighted by atomic mass is 79.9. The van der Waals surface area contributed by atoms with E-state index in [-0.39, 0.29) is 11.7 Å². The molecule has 5 nitrogen and oxygen atoms in total. The van der Waals surface area contributed by atoms with Crippen LogP contribution in [-0.2, 0) is 4.79 Å². The second-order valence-electron chi connectivity index (χ2n) is 6.14. The SMILES string of the molecule is CC(Oc1ccc(Cl)cc1Br)C(=O)N1CCN(c2ccccc2O)CC1. The molecule has 1 atom stereocenters. The first kappa shape index (κ1) is 18.9. The number of ether oxygens (including phenoxy) is 1. The summed E-state index contributed by atoms with van der Waals surface area (Å²) in [6.07, 6.45) is -0.593. The molecule has 1 fully saturated rings. The molecule has 2 aromatic carbocycles. The molecule has 1 N–H and O–H groups in total. The number of amides is 1. The Bertz CT molecular complexity index is 794. The number of para-hydroxylation sites is 2. The van der Waals surface area contributed by atoms with Crippen LogP contribution in [0.1, 0.15) is 6.92 Å². The highest BCUT2D eigenvalue weighted by molar-refractivity contribution is 9.10. The number of phenols is 1. The molecule has 0 radical (unpaired) electrons. The normalized spacial score (nSPS) is 15.7. The van der Waals surface area contributed by atoms with Crippen molar-refractivity contribution in [2.45, 2.75) is 13.0 Å². The van der Waals surface area contributed by atoms with Gasteiger partial charge in [0.25, 0.3) is 5.91 Å². The fourth-order valence-corrected chi connectivity index (χ4v) is 3.74. The minimum atomic E-state index is -0.593. The summed E-state index contributed by atoms with van der Waals surface area (Å²) in [5, 5.41) is 10.6. The molecule has 0 aliphatic carbocycles. The summed E-state index contributed by atoms with van der Waals surface area (Å²) in [5.74, 6) is 0.795. The molecule has 138 valence electrons. The van der Waals surface area contributed by atoms with E-state index in [0.29, 0.717) is 41.4 Å². The van der Waals surface area contributed by atoms with Crippen LogP contribution in [0.25, 0.3) is 0 Å². The van der Waals surface area contributed by atoms with Crippen molar-refractivity contribution in [1.82, 2.24) is 4.90 Å². The maximum Gasteiger partial charge on any atom is 0.263 e. The first-order valence-corrected chi connectivity index (χ1v) is 9.56. The lowest BCUT2D eigenvalue weighted by atomic mass is 10.2. The van der Waals surface area contributed by atoms with Gasteiger partial charge >= 0.3 is 0 Å². The third kappa shape index (κ3) is 4.24. The van der Waals surface area contributed by atoms with Crippen molar-refractivity contribution in [3.05, 3.63) is 52.0 Å². The number of aromatic hydroxyl groups is 1. The van der Waals surface area contributed by atoms with Crippen molar-refractivity contribution in [2.24, 2.45) is 0 Å². The van der Waals surface area contributed by atoms with E-state index < -0.39 is 6.10 Å². The summed E-state index contributed by atoms with van der Waals surface area (Å²) in [6.45, 7) is 4.26. The van der Waals surface area contributed by atoms with Crippen LogP contribution in [-0.4, -0.2) is 48.2 Å². The summed E-state index contributed by atoms with van der Waals surface area (Å²) in [4.78, 5) is 16.6. The quantitative estimate of drug-likeness (QED) is 0.784. The lowest BCUT2D eigenvalue weighted by molar-refractivity contribution is -0.138. The second-order valence-corrected chi connectivity index (χ2v) is 7.43. The van der Waals surface area contributed by atoms with Gasteiger partial charge in [0.05, 0.1) is 10.2 Å². The van der Waals surface area contributed by atoms with Crippen LogP contribution in [0.2, 0.25) is 5.02 Å². The summed E-state index contributed by atoms with van der Waals surface area (Å²) in [6, 6.07) is 12.5. The molecule has 1 saturated heterocycles. The number of rotatable bonds is 4. The molecule has 2 aromatic rings. The van der Waals surface area contributed by atoms with Gasteiger partial charge in [-0.05, 0) is 53.2 Å². The number of hydrogen-bond donors (Lipinski definition) is 1. The zero-order valence-corrected chi connectivity index (χ0v) is 16.7. The van der Waals surface area contributed by atoms with Crippen molar-refractivity contribution in [3.8, 4) is 11.5 Å². The Kier molecular flexibility index (Phi) is 5.94. The van der Waals surface area contributed by atoms with Crippen molar-refractivity contribution < 1.29 is 14.6 Å². The van der Waals surface area contributed by atoms with E-state index in [1.807, 2.05) is 12.1 Å². The van der Waals surface area contributed by atoms with Crippen LogP contribution < -0.4 is 9.64 Å². The third-order valence-electron chi connectivity index (χ3n) is 4.36.